The van der Waals surface area contributed by atoms with Gasteiger partial charge in [0, 0.05) is 37.3 Å². The Balaban J connectivity index is 0.00000160. The van der Waals surface area contributed by atoms with E-state index < -0.39 is 12.2 Å². The van der Waals surface area contributed by atoms with Crippen LogP contribution < -0.4 is 10.6 Å². The van der Waals surface area contributed by atoms with Gasteiger partial charge in [0.15, 0.2) is 0 Å². The van der Waals surface area contributed by atoms with Crippen LogP contribution in [0.4, 0.5) is 0 Å². The standard InChI is InChI=1S/C21H28N4O3.2ClH/c1-13-18(15-9-22-10-16(15)20(27)19(13)26)21(28)24-11-17-23-7-8-25(17)12-14-5-3-2-4-6-14;;/h2-8,13,15-16,18-20,22,26-27H,9-12H2,1H3,(H,24,28);2*1H/t13-,15+,16+,18+,19+,20+;;/m1../s1. The maximum absolute atomic E-state index is 13.0. The molecule has 2 fully saturated rings. The summed E-state index contributed by atoms with van der Waals surface area (Å²) in [5.41, 5.74) is 1.17. The zero-order valence-corrected chi connectivity index (χ0v) is 18.5. The first-order chi connectivity index (χ1) is 13.6. The van der Waals surface area contributed by atoms with Gasteiger partial charge in [-0.15, -0.1) is 24.8 Å². The Morgan fingerprint density at radius 1 is 1.17 bits per heavy atom. The van der Waals surface area contributed by atoms with Gasteiger partial charge in [0.2, 0.25) is 5.91 Å². The summed E-state index contributed by atoms with van der Waals surface area (Å²) in [5, 5.41) is 27.0. The van der Waals surface area contributed by atoms with E-state index in [-0.39, 0.29) is 54.4 Å². The van der Waals surface area contributed by atoms with Crippen molar-refractivity contribution in [3.63, 3.8) is 0 Å². The second kappa shape index (κ2) is 10.6. The molecule has 1 aromatic carbocycles. The molecular formula is C21H30Cl2N4O3. The third kappa shape index (κ3) is 4.81. The zero-order chi connectivity index (χ0) is 19.7. The van der Waals surface area contributed by atoms with Gasteiger partial charge in [-0.05, 0) is 23.9 Å². The number of halogens is 2. The second-order valence-electron chi connectivity index (χ2n) is 8.03. The molecular weight excluding hydrogens is 427 g/mol. The maximum Gasteiger partial charge on any atom is 0.224 e. The van der Waals surface area contributed by atoms with Crippen LogP contribution in [0, 0.1) is 23.7 Å². The molecule has 0 radical (unpaired) electrons. The number of amides is 1. The number of nitrogens with zero attached hydrogens (tertiary/aromatic N) is 2. The van der Waals surface area contributed by atoms with Crippen LogP contribution in [0.1, 0.15) is 18.3 Å². The quantitative estimate of drug-likeness (QED) is 0.541. The SMILES string of the molecule is C[C@H]1[C@H](O)[C@@H](O)[C@H]2CNC[C@@H]2[C@H]1C(=O)NCc1nccn1Cc1ccccc1.Cl.Cl. The lowest BCUT2D eigenvalue weighted by Crippen LogP contribution is -2.55. The molecule has 4 N–H and O–H groups in total. The van der Waals surface area contributed by atoms with Crippen molar-refractivity contribution in [2.45, 2.75) is 32.2 Å². The van der Waals surface area contributed by atoms with Gasteiger partial charge in [-0.1, -0.05) is 37.3 Å². The van der Waals surface area contributed by atoms with E-state index in [1.165, 1.54) is 5.56 Å². The first kappa shape index (κ1) is 24.6. The third-order valence-electron chi connectivity index (χ3n) is 6.39. The van der Waals surface area contributed by atoms with Crippen molar-refractivity contribution >= 4 is 30.7 Å². The molecule has 9 heteroatoms. The van der Waals surface area contributed by atoms with Crippen LogP contribution >= 0.6 is 24.8 Å². The third-order valence-corrected chi connectivity index (χ3v) is 6.39. The number of hydrogen-bond donors (Lipinski definition) is 4. The number of benzene rings is 1. The molecule has 1 aliphatic carbocycles. The number of carbonyl (C=O) groups is 1. The number of hydrogen-bond acceptors (Lipinski definition) is 5. The van der Waals surface area contributed by atoms with E-state index in [0.717, 1.165) is 5.82 Å². The van der Waals surface area contributed by atoms with E-state index in [0.29, 0.717) is 26.2 Å². The highest BCUT2D eigenvalue weighted by Gasteiger charge is 2.52. The van der Waals surface area contributed by atoms with Crippen LogP contribution in [0.2, 0.25) is 0 Å². The molecule has 4 rings (SSSR count). The molecule has 6 atom stereocenters. The number of aliphatic hydroxyl groups excluding tert-OH is 2. The van der Waals surface area contributed by atoms with Crippen LogP contribution in [0.3, 0.4) is 0 Å². The number of aliphatic hydroxyl groups is 2. The van der Waals surface area contributed by atoms with Crippen molar-refractivity contribution < 1.29 is 15.0 Å². The number of aromatic nitrogens is 2. The molecule has 7 nitrogen and oxygen atoms in total. The highest BCUT2D eigenvalue weighted by Crippen LogP contribution is 2.41. The van der Waals surface area contributed by atoms with Crippen molar-refractivity contribution in [3.8, 4) is 0 Å². The summed E-state index contributed by atoms with van der Waals surface area (Å²) in [4.78, 5) is 17.4. The highest BCUT2D eigenvalue weighted by atomic mass is 35.5. The maximum atomic E-state index is 13.0. The summed E-state index contributed by atoms with van der Waals surface area (Å²) in [6.45, 7) is 4.22. The van der Waals surface area contributed by atoms with Crippen molar-refractivity contribution in [2.75, 3.05) is 13.1 Å². The summed E-state index contributed by atoms with van der Waals surface area (Å²) in [6, 6.07) is 10.1. The molecule has 166 valence electrons. The van der Waals surface area contributed by atoms with Gasteiger partial charge in [-0.25, -0.2) is 4.98 Å². The first-order valence-corrected chi connectivity index (χ1v) is 9.94. The average Bonchev–Trinajstić information content (AvgIpc) is 3.35. The van der Waals surface area contributed by atoms with Crippen LogP contribution in [-0.2, 0) is 17.9 Å². The molecule has 1 amide bonds. The molecule has 0 spiro atoms. The summed E-state index contributed by atoms with van der Waals surface area (Å²) >= 11 is 0. The summed E-state index contributed by atoms with van der Waals surface area (Å²) < 4.78 is 2.03. The van der Waals surface area contributed by atoms with Gasteiger partial charge in [0.25, 0.3) is 0 Å². The second-order valence-corrected chi connectivity index (χ2v) is 8.03. The van der Waals surface area contributed by atoms with Gasteiger partial charge >= 0.3 is 0 Å². The fourth-order valence-corrected chi connectivity index (χ4v) is 4.80. The van der Waals surface area contributed by atoms with Gasteiger partial charge in [-0.3, -0.25) is 4.79 Å². The molecule has 30 heavy (non-hydrogen) atoms. The lowest BCUT2D eigenvalue weighted by atomic mass is 9.65. The smallest absolute Gasteiger partial charge is 0.224 e. The Bertz CT molecular complexity index is 820. The summed E-state index contributed by atoms with van der Waals surface area (Å²) in [7, 11) is 0. The molecule has 1 saturated carbocycles. The van der Waals surface area contributed by atoms with E-state index in [9.17, 15) is 15.0 Å². The van der Waals surface area contributed by atoms with E-state index in [2.05, 4.69) is 27.8 Å². The largest absolute Gasteiger partial charge is 0.390 e. The molecule has 0 bridgehead atoms. The minimum atomic E-state index is -0.878. The summed E-state index contributed by atoms with van der Waals surface area (Å²) in [5.74, 6) is 0.0596. The fraction of sp³-hybridized carbons (Fsp3) is 0.524. The Hall–Kier alpha value is -1.64. The number of carbonyl (C=O) groups excluding carboxylic acids is 1. The Morgan fingerprint density at radius 3 is 2.60 bits per heavy atom. The highest BCUT2D eigenvalue weighted by molar-refractivity contribution is 5.85. The van der Waals surface area contributed by atoms with Gasteiger partial charge in [0.1, 0.15) is 5.82 Å². The van der Waals surface area contributed by atoms with E-state index in [1.807, 2.05) is 35.9 Å². The molecule has 1 aliphatic heterocycles. The monoisotopic (exact) mass is 456 g/mol. The van der Waals surface area contributed by atoms with Crippen LogP contribution in [-0.4, -0.2) is 51.0 Å². The first-order valence-electron chi connectivity index (χ1n) is 9.94. The van der Waals surface area contributed by atoms with Gasteiger partial charge < -0.3 is 25.4 Å². The van der Waals surface area contributed by atoms with Crippen molar-refractivity contribution in [3.05, 3.63) is 54.1 Å². The van der Waals surface area contributed by atoms with Gasteiger partial charge in [0.05, 0.1) is 18.8 Å². The van der Waals surface area contributed by atoms with Gasteiger partial charge in [-0.2, -0.15) is 0 Å². The predicted octanol–water partition coefficient (Wildman–Crippen LogP) is 1.21. The molecule has 2 aliphatic rings. The van der Waals surface area contributed by atoms with Crippen molar-refractivity contribution in [1.29, 1.82) is 0 Å². The molecule has 0 unspecified atom stereocenters. The van der Waals surface area contributed by atoms with Crippen LogP contribution in [0.15, 0.2) is 42.7 Å². The van der Waals surface area contributed by atoms with E-state index >= 15 is 0 Å². The predicted molar refractivity (Wildman–Crippen MR) is 119 cm³/mol. The van der Waals surface area contributed by atoms with E-state index in [1.54, 1.807) is 6.20 Å². The number of fused-ring (bicyclic) bond motifs is 1. The number of nitrogens with one attached hydrogen (secondary N) is 2. The van der Waals surface area contributed by atoms with Crippen molar-refractivity contribution in [1.82, 2.24) is 20.2 Å². The zero-order valence-electron chi connectivity index (χ0n) is 16.8. The summed E-state index contributed by atoms with van der Waals surface area (Å²) in [6.07, 6.45) is 2.00. The number of imidazole rings is 1. The van der Waals surface area contributed by atoms with Crippen molar-refractivity contribution in [2.24, 2.45) is 23.7 Å². The lowest BCUT2D eigenvalue weighted by Gasteiger charge is -2.43. The minimum absolute atomic E-state index is 0. The minimum Gasteiger partial charge on any atom is -0.390 e. The lowest BCUT2D eigenvalue weighted by molar-refractivity contribution is -0.146. The Labute approximate surface area is 189 Å². The number of rotatable bonds is 5. The molecule has 1 aromatic heterocycles. The van der Waals surface area contributed by atoms with Crippen LogP contribution in [0.25, 0.3) is 0 Å². The average molecular weight is 457 g/mol. The Kier molecular flexibility index (Phi) is 8.70. The molecule has 2 heterocycles. The fourth-order valence-electron chi connectivity index (χ4n) is 4.80. The molecule has 1 saturated heterocycles. The Morgan fingerprint density at radius 2 is 1.87 bits per heavy atom. The topological polar surface area (TPSA) is 99.4 Å². The normalized spacial score (nSPS) is 30.0. The van der Waals surface area contributed by atoms with E-state index in [4.69, 9.17) is 0 Å². The molecule has 2 aromatic rings. The van der Waals surface area contributed by atoms with Crippen LogP contribution in [0.5, 0.6) is 0 Å².